The summed E-state index contributed by atoms with van der Waals surface area (Å²) in [6, 6.07) is 5.07. The van der Waals surface area contributed by atoms with Crippen molar-refractivity contribution in [3.05, 3.63) is 33.8 Å². The van der Waals surface area contributed by atoms with Crippen molar-refractivity contribution in [2.24, 2.45) is 5.92 Å². The number of aliphatic hydroxyl groups is 1. The molecule has 1 aromatic carbocycles. The van der Waals surface area contributed by atoms with Gasteiger partial charge in [-0.2, -0.15) is 11.8 Å². The van der Waals surface area contributed by atoms with Crippen LogP contribution in [0.4, 0.5) is 0 Å². The summed E-state index contributed by atoms with van der Waals surface area (Å²) in [7, 11) is 0. The molecule has 2 unspecified atom stereocenters. The summed E-state index contributed by atoms with van der Waals surface area (Å²) < 4.78 is 0. The van der Waals surface area contributed by atoms with Crippen LogP contribution in [0.1, 0.15) is 25.5 Å². The van der Waals surface area contributed by atoms with E-state index < -0.39 is 0 Å². The number of carbonyl (C=O) groups is 1. The molecule has 20 heavy (non-hydrogen) atoms. The zero-order valence-corrected chi connectivity index (χ0v) is 13.9. The van der Waals surface area contributed by atoms with Gasteiger partial charge in [0, 0.05) is 16.7 Å². The normalized spacial score (nSPS) is 13.8. The quantitative estimate of drug-likeness (QED) is 0.801. The SMILES string of the molecule is CC(CO)CSCC(=O)NC(C)c1ccc(Cl)cc1Cl. The van der Waals surface area contributed by atoms with E-state index in [-0.39, 0.29) is 24.5 Å². The van der Waals surface area contributed by atoms with Crippen LogP contribution in [0.5, 0.6) is 0 Å². The van der Waals surface area contributed by atoms with Crippen molar-refractivity contribution in [1.82, 2.24) is 5.32 Å². The molecule has 0 aliphatic carbocycles. The van der Waals surface area contributed by atoms with E-state index in [4.69, 9.17) is 28.3 Å². The summed E-state index contributed by atoms with van der Waals surface area (Å²) in [5.74, 6) is 1.30. The number of carbonyl (C=O) groups excluding carboxylic acids is 1. The van der Waals surface area contributed by atoms with Crippen molar-refractivity contribution in [1.29, 1.82) is 0 Å². The highest BCUT2D eigenvalue weighted by atomic mass is 35.5. The van der Waals surface area contributed by atoms with E-state index in [1.54, 1.807) is 12.1 Å². The van der Waals surface area contributed by atoms with E-state index in [1.807, 2.05) is 19.9 Å². The van der Waals surface area contributed by atoms with Crippen LogP contribution >= 0.6 is 35.0 Å². The molecule has 112 valence electrons. The molecular weight excluding hydrogens is 317 g/mol. The Labute approximate surface area is 134 Å². The molecule has 1 rings (SSSR count). The second-order valence-electron chi connectivity index (χ2n) is 4.76. The summed E-state index contributed by atoms with van der Waals surface area (Å²) in [5, 5.41) is 12.9. The molecular formula is C14H19Cl2NO2S. The van der Waals surface area contributed by atoms with Crippen LogP contribution in [0, 0.1) is 5.92 Å². The standard InChI is InChI=1S/C14H19Cl2NO2S/c1-9(6-18)7-20-8-14(19)17-10(2)12-4-3-11(15)5-13(12)16/h3-5,9-10,18H,6-8H2,1-2H3,(H,17,19). The summed E-state index contributed by atoms with van der Waals surface area (Å²) in [6.45, 7) is 3.97. The molecule has 1 amide bonds. The molecule has 0 aliphatic rings. The Balaban J connectivity index is 2.45. The molecule has 0 saturated carbocycles. The molecule has 6 heteroatoms. The fourth-order valence-corrected chi connectivity index (χ4v) is 3.09. The van der Waals surface area contributed by atoms with Gasteiger partial charge < -0.3 is 10.4 Å². The topological polar surface area (TPSA) is 49.3 Å². The number of amides is 1. The number of aliphatic hydroxyl groups excluding tert-OH is 1. The Morgan fingerprint density at radius 2 is 2.10 bits per heavy atom. The highest BCUT2D eigenvalue weighted by Gasteiger charge is 2.13. The molecule has 0 aliphatic heterocycles. The lowest BCUT2D eigenvalue weighted by molar-refractivity contribution is -0.119. The molecule has 2 atom stereocenters. The lowest BCUT2D eigenvalue weighted by atomic mass is 10.1. The lowest BCUT2D eigenvalue weighted by Crippen LogP contribution is -2.28. The average Bonchev–Trinajstić information content (AvgIpc) is 2.38. The number of rotatable bonds is 7. The molecule has 0 saturated heterocycles. The van der Waals surface area contributed by atoms with Crippen LogP contribution in [0.15, 0.2) is 18.2 Å². The van der Waals surface area contributed by atoms with Crippen LogP contribution in [0.25, 0.3) is 0 Å². The molecule has 0 heterocycles. The summed E-state index contributed by atoms with van der Waals surface area (Å²) >= 11 is 13.5. The van der Waals surface area contributed by atoms with Gasteiger partial charge in [0.1, 0.15) is 0 Å². The molecule has 3 nitrogen and oxygen atoms in total. The third-order valence-corrected chi connectivity index (χ3v) is 4.59. The number of hydrogen-bond acceptors (Lipinski definition) is 3. The first-order chi connectivity index (χ1) is 9.43. The smallest absolute Gasteiger partial charge is 0.230 e. The lowest BCUT2D eigenvalue weighted by Gasteiger charge is -2.16. The minimum atomic E-state index is -0.164. The van der Waals surface area contributed by atoms with E-state index in [9.17, 15) is 4.79 Å². The van der Waals surface area contributed by atoms with Gasteiger partial charge in [0.05, 0.1) is 11.8 Å². The Morgan fingerprint density at radius 1 is 1.40 bits per heavy atom. The van der Waals surface area contributed by atoms with Crippen LogP contribution in [0.3, 0.4) is 0 Å². The largest absolute Gasteiger partial charge is 0.396 e. The van der Waals surface area contributed by atoms with Gasteiger partial charge in [0.25, 0.3) is 0 Å². The van der Waals surface area contributed by atoms with E-state index >= 15 is 0 Å². The predicted octanol–water partition coefficient (Wildman–Crippen LogP) is 3.53. The Morgan fingerprint density at radius 3 is 2.70 bits per heavy atom. The Kier molecular flexibility index (Phi) is 7.74. The van der Waals surface area contributed by atoms with Gasteiger partial charge in [0.2, 0.25) is 5.91 Å². The van der Waals surface area contributed by atoms with Gasteiger partial charge in [-0.15, -0.1) is 0 Å². The van der Waals surface area contributed by atoms with Crippen molar-refractivity contribution in [3.63, 3.8) is 0 Å². The molecule has 0 aromatic heterocycles. The van der Waals surface area contributed by atoms with Crippen LogP contribution in [-0.2, 0) is 4.79 Å². The molecule has 0 spiro atoms. The van der Waals surface area contributed by atoms with Crippen molar-refractivity contribution in [2.75, 3.05) is 18.1 Å². The average molecular weight is 336 g/mol. The van der Waals surface area contributed by atoms with E-state index in [2.05, 4.69) is 5.32 Å². The minimum absolute atomic E-state index is 0.0429. The molecule has 1 aromatic rings. The van der Waals surface area contributed by atoms with E-state index in [1.165, 1.54) is 11.8 Å². The molecule has 0 bridgehead atoms. The van der Waals surface area contributed by atoms with Gasteiger partial charge in [-0.3, -0.25) is 4.79 Å². The zero-order chi connectivity index (χ0) is 15.1. The van der Waals surface area contributed by atoms with Crippen molar-refractivity contribution in [3.8, 4) is 0 Å². The van der Waals surface area contributed by atoms with Gasteiger partial charge >= 0.3 is 0 Å². The number of hydrogen-bond donors (Lipinski definition) is 2. The number of benzene rings is 1. The fourth-order valence-electron chi connectivity index (χ4n) is 1.62. The number of nitrogens with one attached hydrogen (secondary N) is 1. The summed E-state index contributed by atoms with van der Waals surface area (Å²) in [5.41, 5.74) is 0.846. The maximum Gasteiger partial charge on any atom is 0.230 e. The van der Waals surface area contributed by atoms with Gasteiger partial charge in [-0.1, -0.05) is 36.2 Å². The molecule has 0 radical (unpaired) electrons. The third-order valence-electron chi connectivity index (χ3n) is 2.75. The monoisotopic (exact) mass is 335 g/mol. The van der Waals surface area contributed by atoms with Gasteiger partial charge in [0.15, 0.2) is 0 Å². The van der Waals surface area contributed by atoms with Crippen molar-refractivity contribution in [2.45, 2.75) is 19.9 Å². The first kappa shape index (κ1) is 17.6. The summed E-state index contributed by atoms with van der Waals surface area (Å²) in [4.78, 5) is 11.8. The van der Waals surface area contributed by atoms with Gasteiger partial charge in [-0.25, -0.2) is 0 Å². The highest BCUT2D eigenvalue weighted by molar-refractivity contribution is 7.99. The molecule has 2 N–H and O–H groups in total. The van der Waals surface area contributed by atoms with Crippen molar-refractivity contribution < 1.29 is 9.90 Å². The second-order valence-corrected chi connectivity index (χ2v) is 6.63. The number of halogens is 2. The zero-order valence-electron chi connectivity index (χ0n) is 11.5. The fraction of sp³-hybridized carbons (Fsp3) is 0.500. The van der Waals surface area contributed by atoms with Crippen LogP contribution < -0.4 is 5.32 Å². The van der Waals surface area contributed by atoms with Crippen molar-refractivity contribution >= 4 is 40.9 Å². The Bertz CT molecular complexity index is 457. The second kappa shape index (κ2) is 8.78. The highest BCUT2D eigenvalue weighted by Crippen LogP contribution is 2.26. The Hall–Kier alpha value is -0.420. The number of thioether (sulfide) groups is 1. The van der Waals surface area contributed by atoms with E-state index in [0.717, 1.165) is 11.3 Å². The maximum absolute atomic E-state index is 11.8. The predicted molar refractivity (Wildman–Crippen MR) is 86.6 cm³/mol. The summed E-state index contributed by atoms with van der Waals surface area (Å²) in [6.07, 6.45) is 0. The van der Waals surface area contributed by atoms with Crippen LogP contribution in [0.2, 0.25) is 10.0 Å². The first-order valence-corrected chi connectivity index (χ1v) is 8.28. The first-order valence-electron chi connectivity index (χ1n) is 6.37. The maximum atomic E-state index is 11.8. The van der Waals surface area contributed by atoms with Crippen LogP contribution in [-0.4, -0.2) is 29.1 Å². The third kappa shape index (κ3) is 5.92. The van der Waals surface area contributed by atoms with E-state index in [0.29, 0.717) is 15.8 Å². The van der Waals surface area contributed by atoms with Gasteiger partial charge in [-0.05, 0) is 36.3 Å². The molecule has 0 fully saturated rings. The minimum Gasteiger partial charge on any atom is -0.396 e.